The fraction of sp³-hybridized carbons (Fsp3) is 0.458. The monoisotopic (exact) mass is 464 g/mol. The summed E-state index contributed by atoms with van der Waals surface area (Å²) in [4.78, 5) is 24.8. The molecular formula is C24H32N8O2. The zero-order chi connectivity index (χ0) is 23.7. The summed E-state index contributed by atoms with van der Waals surface area (Å²) in [5.41, 5.74) is 8.77. The number of hydrogen-bond donors (Lipinski definition) is 2. The third-order valence-electron chi connectivity index (χ3n) is 6.68. The number of nitrogens with two attached hydrogens (primary N) is 1. The summed E-state index contributed by atoms with van der Waals surface area (Å²) in [7, 11) is 3.75. The van der Waals surface area contributed by atoms with E-state index in [1.807, 2.05) is 30.5 Å². The summed E-state index contributed by atoms with van der Waals surface area (Å²) in [5.74, 6) is 1.16. The van der Waals surface area contributed by atoms with E-state index >= 15 is 0 Å². The first-order valence-electron chi connectivity index (χ1n) is 11.8. The van der Waals surface area contributed by atoms with Crippen molar-refractivity contribution in [2.45, 2.75) is 18.9 Å². The largest absolute Gasteiger partial charge is 0.494 e. The van der Waals surface area contributed by atoms with E-state index in [9.17, 15) is 4.79 Å². The molecule has 4 heterocycles. The van der Waals surface area contributed by atoms with Crippen LogP contribution in [0.2, 0.25) is 0 Å². The molecule has 0 spiro atoms. The predicted octanol–water partition coefficient (Wildman–Crippen LogP) is 1.67. The van der Waals surface area contributed by atoms with Gasteiger partial charge in [-0.1, -0.05) is 0 Å². The van der Waals surface area contributed by atoms with E-state index in [0.29, 0.717) is 22.6 Å². The number of hydrogen-bond acceptors (Lipinski definition) is 8. The van der Waals surface area contributed by atoms with E-state index in [1.54, 1.807) is 17.8 Å². The number of fused-ring (bicyclic) bond motifs is 1. The number of nitrogens with one attached hydrogen (secondary N) is 1. The number of piperidine rings is 1. The maximum absolute atomic E-state index is 13.2. The van der Waals surface area contributed by atoms with Crippen LogP contribution in [0.15, 0.2) is 36.7 Å². The van der Waals surface area contributed by atoms with Gasteiger partial charge < -0.3 is 30.5 Å². The number of amides is 1. The number of likely N-dealkylation sites (N-methyl/N-ethyl adjacent to an activating group) is 1. The van der Waals surface area contributed by atoms with Gasteiger partial charge in [0.15, 0.2) is 5.65 Å². The van der Waals surface area contributed by atoms with Gasteiger partial charge in [-0.2, -0.15) is 5.10 Å². The highest BCUT2D eigenvalue weighted by Crippen LogP contribution is 2.31. The molecule has 0 saturated carbocycles. The van der Waals surface area contributed by atoms with Gasteiger partial charge in [-0.3, -0.25) is 4.79 Å². The zero-order valence-corrected chi connectivity index (χ0v) is 19.8. The van der Waals surface area contributed by atoms with Crippen LogP contribution in [0.4, 0.5) is 17.2 Å². The van der Waals surface area contributed by atoms with Gasteiger partial charge in [-0.15, -0.1) is 0 Å². The lowest BCUT2D eigenvalue weighted by Gasteiger charge is -2.34. The molecule has 3 aromatic rings. The lowest BCUT2D eigenvalue weighted by Crippen LogP contribution is -2.44. The van der Waals surface area contributed by atoms with Crippen LogP contribution in [0.1, 0.15) is 23.2 Å². The minimum atomic E-state index is -0.277. The van der Waals surface area contributed by atoms with Gasteiger partial charge in [0.1, 0.15) is 17.1 Å². The summed E-state index contributed by atoms with van der Waals surface area (Å²) in [6.07, 6.45) is 5.44. The number of anilines is 3. The van der Waals surface area contributed by atoms with Crippen LogP contribution in [0.3, 0.4) is 0 Å². The Morgan fingerprint density at radius 1 is 1.15 bits per heavy atom. The maximum Gasteiger partial charge on any atom is 0.261 e. The smallest absolute Gasteiger partial charge is 0.261 e. The Kier molecular flexibility index (Phi) is 6.25. The fourth-order valence-electron chi connectivity index (χ4n) is 4.65. The molecule has 2 aliphatic rings. The van der Waals surface area contributed by atoms with Crippen LogP contribution in [0.5, 0.6) is 5.75 Å². The van der Waals surface area contributed by atoms with E-state index in [0.717, 1.165) is 63.6 Å². The number of piperazine rings is 1. The number of nitrogens with zero attached hydrogens (tertiary/aromatic N) is 6. The molecule has 0 unspecified atom stereocenters. The van der Waals surface area contributed by atoms with Crippen molar-refractivity contribution in [3.05, 3.63) is 42.2 Å². The molecule has 1 amide bonds. The minimum absolute atomic E-state index is 0.140. The highest BCUT2D eigenvalue weighted by atomic mass is 16.5. The van der Waals surface area contributed by atoms with Gasteiger partial charge in [-0.25, -0.2) is 9.50 Å². The third kappa shape index (κ3) is 4.51. The molecule has 2 fully saturated rings. The van der Waals surface area contributed by atoms with Crippen LogP contribution in [0, 0.1) is 0 Å². The van der Waals surface area contributed by atoms with Gasteiger partial charge in [0.2, 0.25) is 0 Å². The summed E-state index contributed by atoms with van der Waals surface area (Å²) < 4.78 is 7.23. The van der Waals surface area contributed by atoms with E-state index < -0.39 is 0 Å². The van der Waals surface area contributed by atoms with Gasteiger partial charge in [-0.05, 0) is 38.1 Å². The quantitative estimate of drug-likeness (QED) is 0.588. The second kappa shape index (κ2) is 9.47. The molecule has 2 aromatic heterocycles. The van der Waals surface area contributed by atoms with Gasteiger partial charge >= 0.3 is 0 Å². The van der Waals surface area contributed by atoms with Crippen molar-refractivity contribution >= 4 is 28.7 Å². The molecule has 0 bridgehead atoms. The molecule has 2 saturated heterocycles. The van der Waals surface area contributed by atoms with Crippen LogP contribution in [-0.2, 0) is 0 Å². The van der Waals surface area contributed by atoms with Crippen molar-refractivity contribution in [1.82, 2.24) is 19.5 Å². The molecule has 0 aliphatic carbocycles. The topological polar surface area (TPSA) is 104 Å². The van der Waals surface area contributed by atoms with E-state index in [2.05, 4.69) is 32.2 Å². The van der Waals surface area contributed by atoms with Crippen LogP contribution < -0.4 is 25.6 Å². The lowest BCUT2D eigenvalue weighted by atomic mass is 10.1. The van der Waals surface area contributed by atoms with Crippen molar-refractivity contribution in [3.63, 3.8) is 0 Å². The van der Waals surface area contributed by atoms with Crippen molar-refractivity contribution in [2.24, 2.45) is 5.73 Å². The highest BCUT2D eigenvalue weighted by Gasteiger charge is 2.22. The average molecular weight is 465 g/mol. The Morgan fingerprint density at radius 2 is 1.97 bits per heavy atom. The van der Waals surface area contributed by atoms with E-state index in [1.165, 1.54) is 0 Å². The minimum Gasteiger partial charge on any atom is -0.494 e. The fourth-order valence-corrected chi connectivity index (χ4v) is 4.65. The molecule has 3 N–H and O–H groups in total. The van der Waals surface area contributed by atoms with Gasteiger partial charge in [0, 0.05) is 63.3 Å². The number of carbonyl (C=O) groups is 1. The first-order valence-corrected chi connectivity index (χ1v) is 11.8. The van der Waals surface area contributed by atoms with Gasteiger partial charge in [0.25, 0.3) is 5.91 Å². The first kappa shape index (κ1) is 22.4. The number of ether oxygens (including phenoxy) is 1. The third-order valence-corrected chi connectivity index (χ3v) is 6.68. The molecular weight excluding hydrogens is 432 g/mol. The molecule has 0 radical (unpaired) electrons. The average Bonchev–Trinajstić information content (AvgIpc) is 3.28. The highest BCUT2D eigenvalue weighted by molar-refractivity contribution is 6.08. The zero-order valence-electron chi connectivity index (χ0n) is 19.8. The molecule has 10 nitrogen and oxygen atoms in total. The van der Waals surface area contributed by atoms with Crippen molar-refractivity contribution in [2.75, 3.05) is 68.5 Å². The van der Waals surface area contributed by atoms with Gasteiger partial charge in [0.05, 0.1) is 19.0 Å². The Hall–Kier alpha value is -3.37. The van der Waals surface area contributed by atoms with Crippen molar-refractivity contribution in [3.8, 4) is 5.75 Å². The Morgan fingerprint density at radius 3 is 2.74 bits per heavy atom. The summed E-state index contributed by atoms with van der Waals surface area (Å²) >= 11 is 0. The number of aromatic nitrogens is 3. The SMILES string of the molecule is COc1cc(N2CCN(C)CC2)ccc1NC(=O)c1cnn2ccc(N3CCC[C@@H](N)C3)nc12. The van der Waals surface area contributed by atoms with Crippen LogP contribution in [0.25, 0.3) is 5.65 Å². The molecule has 34 heavy (non-hydrogen) atoms. The van der Waals surface area contributed by atoms with E-state index in [4.69, 9.17) is 15.5 Å². The molecule has 2 aliphatic heterocycles. The lowest BCUT2D eigenvalue weighted by molar-refractivity contribution is 0.102. The Bertz CT molecular complexity index is 1170. The molecule has 10 heteroatoms. The second-order valence-electron chi connectivity index (χ2n) is 9.09. The molecule has 5 rings (SSSR count). The number of methoxy groups -OCH3 is 1. The molecule has 180 valence electrons. The Balaban J connectivity index is 1.36. The Labute approximate surface area is 199 Å². The summed E-state index contributed by atoms with van der Waals surface area (Å²) in [6.45, 7) is 5.63. The second-order valence-corrected chi connectivity index (χ2v) is 9.09. The number of rotatable bonds is 5. The van der Waals surface area contributed by atoms with Crippen LogP contribution >= 0.6 is 0 Å². The molecule has 1 atom stereocenters. The van der Waals surface area contributed by atoms with Crippen molar-refractivity contribution in [1.29, 1.82) is 0 Å². The predicted molar refractivity (Wildman–Crippen MR) is 133 cm³/mol. The summed E-state index contributed by atoms with van der Waals surface area (Å²) in [6, 6.07) is 7.95. The first-order chi connectivity index (χ1) is 16.5. The number of benzene rings is 1. The maximum atomic E-state index is 13.2. The number of carbonyl (C=O) groups excluding carboxylic acids is 1. The van der Waals surface area contributed by atoms with Crippen LogP contribution in [-0.4, -0.2) is 84.9 Å². The standard InChI is InChI=1S/C24H32N8O2/c1-29-10-12-30(13-11-29)18-5-6-20(21(14-18)34-2)27-24(33)19-15-26-32-9-7-22(28-23(19)32)31-8-3-4-17(25)16-31/h5-7,9,14-15,17H,3-4,8,10-13,16,25H2,1-2H3,(H,27,33)/t17-/m1/s1. The van der Waals surface area contributed by atoms with Crippen molar-refractivity contribution < 1.29 is 9.53 Å². The van der Waals surface area contributed by atoms with E-state index in [-0.39, 0.29) is 11.9 Å². The molecule has 1 aromatic carbocycles. The normalized spacial score (nSPS) is 19.4. The summed E-state index contributed by atoms with van der Waals surface area (Å²) in [5, 5.41) is 7.30.